The van der Waals surface area contributed by atoms with E-state index >= 15 is 0 Å². The number of carboxylic acid groups (broad SMARTS) is 2. The molecule has 1 aromatic heterocycles. The summed E-state index contributed by atoms with van der Waals surface area (Å²) in [7, 11) is 0. The van der Waals surface area contributed by atoms with E-state index in [0.29, 0.717) is 23.0 Å². The quantitative estimate of drug-likeness (QED) is 0.471. The van der Waals surface area contributed by atoms with Gasteiger partial charge in [0.1, 0.15) is 0 Å². The summed E-state index contributed by atoms with van der Waals surface area (Å²) in [4.78, 5) is 39.1. The molecule has 39 heavy (non-hydrogen) atoms. The molecule has 2 aliphatic heterocycles. The second-order valence-corrected chi connectivity index (χ2v) is 9.06. The van der Waals surface area contributed by atoms with Crippen molar-refractivity contribution in [3.63, 3.8) is 0 Å². The highest BCUT2D eigenvalue weighted by molar-refractivity contribution is 6.36. The Balaban J connectivity index is 0.000000317. The zero-order valence-electron chi connectivity index (χ0n) is 19.7. The van der Waals surface area contributed by atoms with Crippen molar-refractivity contribution in [2.45, 2.75) is 50.4 Å². The summed E-state index contributed by atoms with van der Waals surface area (Å²) in [6.07, 6.45) is -6.82. The van der Waals surface area contributed by atoms with Gasteiger partial charge >= 0.3 is 24.3 Å². The number of amides is 1. The molecule has 3 heterocycles. The first-order valence-electron chi connectivity index (χ1n) is 11.0. The van der Waals surface area contributed by atoms with Crippen molar-refractivity contribution in [1.29, 1.82) is 0 Å². The van der Waals surface area contributed by atoms with Gasteiger partial charge in [-0.1, -0.05) is 35.3 Å². The van der Waals surface area contributed by atoms with E-state index in [9.17, 15) is 31.1 Å². The smallest absolute Gasteiger partial charge is 0.475 e. The van der Waals surface area contributed by atoms with Gasteiger partial charge in [0.15, 0.2) is 0 Å². The standard InChI is InChI=1S/C19H19Cl2N3O.2C2HF3O2/c20-15-5-3-6-16(21)14(15)12-24-17-7-9-23(18(17)10-19(24)25)11-13-4-1-2-8-22-13;2*3-2(4,5)1(6)7/h1-6,8,17-18H,7,9-12H2;2*(H,6,7)/t17-,18-;;/m0../s1. The molecule has 2 aliphatic rings. The highest BCUT2D eigenvalue weighted by Gasteiger charge is 2.46. The van der Waals surface area contributed by atoms with E-state index in [2.05, 4.69) is 9.88 Å². The van der Waals surface area contributed by atoms with Gasteiger partial charge in [0.2, 0.25) is 5.91 Å². The Morgan fingerprint density at radius 2 is 1.44 bits per heavy atom. The number of aromatic nitrogens is 1. The Morgan fingerprint density at radius 1 is 0.897 bits per heavy atom. The van der Waals surface area contributed by atoms with E-state index in [1.54, 1.807) is 0 Å². The van der Waals surface area contributed by atoms with E-state index in [1.165, 1.54) is 0 Å². The second kappa shape index (κ2) is 13.3. The van der Waals surface area contributed by atoms with E-state index in [-0.39, 0.29) is 18.0 Å². The predicted octanol–water partition coefficient (Wildman–Crippen LogP) is 5.03. The third kappa shape index (κ3) is 9.25. The lowest BCUT2D eigenvalue weighted by Gasteiger charge is -2.26. The summed E-state index contributed by atoms with van der Waals surface area (Å²) < 4.78 is 63.5. The molecule has 2 N–H and O–H groups in total. The summed E-state index contributed by atoms with van der Waals surface area (Å²) in [5, 5.41) is 15.5. The number of benzene rings is 1. The van der Waals surface area contributed by atoms with Gasteiger partial charge in [0, 0.05) is 59.9 Å². The van der Waals surface area contributed by atoms with E-state index in [4.69, 9.17) is 43.0 Å². The SMILES string of the molecule is O=C(O)C(F)(F)F.O=C(O)C(F)(F)F.O=C1C[C@H]2[C@H](CCN2Cc2ccccn2)N1Cc1c(Cl)cccc1Cl. The van der Waals surface area contributed by atoms with Crippen molar-refractivity contribution in [1.82, 2.24) is 14.8 Å². The zero-order valence-corrected chi connectivity index (χ0v) is 21.2. The molecule has 0 radical (unpaired) electrons. The minimum atomic E-state index is -5.08. The Hall–Kier alpha value is -3.10. The van der Waals surface area contributed by atoms with Crippen LogP contribution in [0.5, 0.6) is 0 Å². The van der Waals surface area contributed by atoms with Crippen LogP contribution in [0.4, 0.5) is 26.3 Å². The van der Waals surface area contributed by atoms with Crippen LogP contribution in [0.2, 0.25) is 10.0 Å². The van der Waals surface area contributed by atoms with Gasteiger partial charge in [-0.25, -0.2) is 9.59 Å². The number of carbonyl (C=O) groups is 3. The van der Waals surface area contributed by atoms with Crippen LogP contribution >= 0.6 is 23.2 Å². The zero-order chi connectivity index (χ0) is 29.5. The number of carboxylic acids is 2. The average molecular weight is 604 g/mol. The molecule has 214 valence electrons. The lowest BCUT2D eigenvalue weighted by atomic mass is 10.1. The molecular formula is C23H21Cl2F6N3O5. The summed E-state index contributed by atoms with van der Waals surface area (Å²) in [6.45, 7) is 2.25. The van der Waals surface area contributed by atoms with Crippen LogP contribution in [0.3, 0.4) is 0 Å². The third-order valence-electron chi connectivity index (χ3n) is 5.70. The first kappa shape index (κ1) is 32.1. The Morgan fingerprint density at radius 3 is 1.90 bits per heavy atom. The number of fused-ring (bicyclic) bond motifs is 1. The van der Waals surface area contributed by atoms with Crippen LogP contribution < -0.4 is 0 Å². The summed E-state index contributed by atoms with van der Waals surface area (Å²) >= 11 is 12.6. The van der Waals surface area contributed by atoms with Crippen molar-refractivity contribution >= 4 is 41.0 Å². The molecule has 2 aromatic rings. The third-order valence-corrected chi connectivity index (χ3v) is 6.40. The summed E-state index contributed by atoms with van der Waals surface area (Å²) in [5.41, 5.74) is 1.88. The van der Waals surface area contributed by atoms with Crippen LogP contribution in [0.25, 0.3) is 0 Å². The maximum atomic E-state index is 12.6. The monoisotopic (exact) mass is 603 g/mol. The Labute approximate surface area is 227 Å². The van der Waals surface area contributed by atoms with Crippen molar-refractivity contribution in [3.05, 3.63) is 63.9 Å². The highest BCUT2D eigenvalue weighted by atomic mass is 35.5. The maximum absolute atomic E-state index is 12.6. The molecule has 2 atom stereocenters. The minimum absolute atomic E-state index is 0.178. The number of pyridine rings is 1. The Bertz CT molecular complexity index is 1120. The lowest BCUT2D eigenvalue weighted by molar-refractivity contribution is -0.193. The molecule has 0 bridgehead atoms. The van der Waals surface area contributed by atoms with E-state index < -0.39 is 24.3 Å². The number of nitrogens with zero attached hydrogens (tertiary/aromatic N) is 3. The lowest BCUT2D eigenvalue weighted by Crippen LogP contribution is -2.37. The molecule has 0 saturated carbocycles. The molecule has 1 amide bonds. The van der Waals surface area contributed by atoms with Crippen LogP contribution in [0.1, 0.15) is 24.1 Å². The van der Waals surface area contributed by atoms with Crippen molar-refractivity contribution in [3.8, 4) is 0 Å². The number of likely N-dealkylation sites (tertiary alicyclic amines) is 2. The topological polar surface area (TPSA) is 111 Å². The molecule has 16 heteroatoms. The number of carbonyl (C=O) groups excluding carboxylic acids is 1. The molecule has 1 aromatic carbocycles. The van der Waals surface area contributed by atoms with E-state index in [1.807, 2.05) is 47.5 Å². The fraction of sp³-hybridized carbons (Fsp3) is 0.391. The van der Waals surface area contributed by atoms with Gasteiger partial charge in [-0.15, -0.1) is 0 Å². The molecule has 8 nitrogen and oxygen atoms in total. The van der Waals surface area contributed by atoms with Crippen LogP contribution in [0, 0.1) is 0 Å². The van der Waals surface area contributed by atoms with Gasteiger partial charge in [-0.2, -0.15) is 26.3 Å². The largest absolute Gasteiger partial charge is 0.490 e. The number of hydrogen-bond donors (Lipinski definition) is 2. The average Bonchev–Trinajstić information content (AvgIpc) is 3.35. The number of hydrogen-bond acceptors (Lipinski definition) is 5. The van der Waals surface area contributed by atoms with Gasteiger partial charge in [0.05, 0.1) is 5.69 Å². The predicted molar refractivity (Wildman–Crippen MR) is 126 cm³/mol. The van der Waals surface area contributed by atoms with Crippen molar-refractivity contribution in [2.75, 3.05) is 6.54 Å². The molecule has 2 fully saturated rings. The van der Waals surface area contributed by atoms with Gasteiger partial charge < -0.3 is 15.1 Å². The fourth-order valence-electron chi connectivity index (χ4n) is 3.96. The first-order valence-corrected chi connectivity index (χ1v) is 11.7. The molecular weight excluding hydrogens is 583 g/mol. The van der Waals surface area contributed by atoms with Crippen LogP contribution in [-0.4, -0.2) is 73.8 Å². The van der Waals surface area contributed by atoms with Gasteiger partial charge in [0.25, 0.3) is 0 Å². The molecule has 0 aliphatic carbocycles. The summed E-state index contributed by atoms with van der Waals surface area (Å²) in [6, 6.07) is 11.9. The second-order valence-electron chi connectivity index (χ2n) is 8.25. The summed E-state index contributed by atoms with van der Waals surface area (Å²) in [5.74, 6) is -5.34. The van der Waals surface area contributed by atoms with Gasteiger partial charge in [-0.05, 0) is 30.7 Å². The van der Waals surface area contributed by atoms with E-state index in [0.717, 1.165) is 30.8 Å². The number of halogens is 8. The molecule has 2 saturated heterocycles. The first-order chi connectivity index (χ1) is 18.0. The maximum Gasteiger partial charge on any atom is 0.490 e. The number of aliphatic carboxylic acids is 2. The highest BCUT2D eigenvalue weighted by Crippen LogP contribution is 2.36. The minimum Gasteiger partial charge on any atom is -0.475 e. The van der Waals surface area contributed by atoms with Crippen molar-refractivity contribution < 1.29 is 50.9 Å². The number of rotatable bonds is 4. The molecule has 4 rings (SSSR count). The normalized spacial score (nSPS) is 19.0. The Kier molecular flexibility index (Phi) is 11.0. The number of alkyl halides is 6. The van der Waals surface area contributed by atoms with Gasteiger partial charge in [-0.3, -0.25) is 14.7 Å². The van der Waals surface area contributed by atoms with Crippen LogP contribution in [0.15, 0.2) is 42.6 Å². The molecule has 0 unspecified atom stereocenters. The van der Waals surface area contributed by atoms with Crippen molar-refractivity contribution in [2.24, 2.45) is 0 Å². The van der Waals surface area contributed by atoms with Crippen LogP contribution in [-0.2, 0) is 27.5 Å². The fourth-order valence-corrected chi connectivity index (χ4v) is 4.48. The molecule has 0 spiro atoms.